The standard InChI is InChI=1S/C25H50N10O7S/c1-14(36)19(28)23(40)33-16(8-3-5-11-27)20(37)32-15(7-2-4-10-26)21(38)35-18(13-43)22(39)34-17(24(41)42)9-6-12-31-25(29)30/h14-19,36,43H,2-13,26-28H2,1H3,(H,32,37)(H,33,40)(H,34,39)(H,35,38)(H,41,42)(H4,29,30,31)/t14-,15-,16+,17+,18+,19+/m1/s1. The third-order valence-electron chi connectivity index (χ3n) is 6.36. The van der Waals surface area contributed by atoms with E-state index in [4.69, 9.17) is 28.7 Å². The Hall–Kier alpha value is -3.19. The number of carboxylic acids is 1. The number of rotatable bonds is 23. The van der Waals surface area contributed by atoms with Crippen LogP contribution in [-0.2, 0) is 24.0 Å². The predicted molar refractivity (Wildman–Crippen MR) is 165 cm³/mol. The van der Waals surface area contributed by atoms with Gasteiger partial charge in [-0.1, -0.05) is 0 Å². The number of unbranched alkanes of at least 4 members (excludes halogenated alkanes) is 2. The van der Waals surface area contributed by atoms with Crippen molar-refractivity contribution in [3.8, 4) is 0 Å². The molecule has 0 aromatic carbocycles. The summed E-state index contributed by atoms with van der Waals surface area (Å²) >= 11 is 4.13. The number of aliphatic hydroxyl groups is 1. The van der Waals surface area contributed by atoms with Gasteiger partial charge in [-0.05, 0) is 71.4 Å². The zero-order valence-electron chi connectivity index (χ0n) is 24.7. The van der Waals surface area contributed by atoms with Crippen LogP contribution in [0, 0.1) is 0 Å². The molecule has 18 heteroatoms. The highest BCUT2D eigenvalue weighted by Crippen LogP contribution is 2.07. The lowest BCUT2D eigenvalue weighted by Gasteiger charge is -2.26. The number of carbonyl (C=O) groups excluding carboxylic acids is 4. The number of aliphatic hydroxyl groups excluding tert-OH is 1. The maximum absolute atomic E-state index is 13.3. The summed E-state index contributed by atoms with van der Waals surface area (Å²) in [5.41, 5.74) is 27.3. The van der Waals surface area contributed by atoms with E-state index in [1.165, 1.54) is 6.92 Å². The second kappa shape index (κ2) is 22.4. The summed E-state index contributed by atoms with van der Waals surface area (Å²) in [5.74, 6) is -4.52. The smallest absolute Gasteiger partial charge is 0.326 e. The number of hydrogen-bond acceptors (Lipinski definition) is 11. The van der Waals surface area contributed by atoms with E-state index in [1.807, 2.05) is 0 Å². The zero-order valence-corrected chi connectivity index (χ0v) is 25.6. The van der Waals surface area contributed by atoms with Gasteiger partial charge in [0.2, 0.25) is 23.6 Å². The first-order chi connectivity index (χ1) is 20.3. The highest BCUT2D eigenvalue weighted by atomic mass is 32.1. The van der Waals surface area contributed by atoms with Crippen LogP contribution in [0.25, 0.3) is 0 Å². The van der Waals surface area contributed by atoms with Gasteiger partial charge in [0, 0.05) is 12.3 Å². The normalized spacial score (nSPS) is 15.1. The number of carboxylic acid groups (broad SMARTS) is 1. The molecule has 4 amide bonds. The molecule has 0 fully saturated rings. The maximum Gasteiger partial charge on any atom is 0.326 e. The van der Waals surface area contributed by atoms with Gasteiger partial charge in [0.15, 0.2) is 5.96 Å². The van der Waals surface area contributed by atoms with Crippen LogP contribution >= 0.6 is 12.6 Å². The number of hydrogen-bond donors (Lipinski definition) is 12. The molecule has 0 rings (SSSR count). The van der Waals surface area contributed by atoms with E-state index in [1.54, 1.807) is 0 Å². The van der Waals surface area contributed by atoms with E-state index in [0.29, 0.717) is 38.8 Å². The summed E-state index contributed by atoms with van der Waals surface area (Å²) in [4.78, 5) is 67.3. The molecule has 0 radical (unpaired) electrons. The average molecular weight is 635 g/mol. The van der Waals surface area contributed by atoms with Crippen LogP contribution in [0.4, 0.5) is 0 Å². The molecule has 0 heterocycles. The fourth-order valence-electron chi connectivity index (χ4n) is 3.78. The Morgan fingerprint density at radius 1 is 0.721 bits per heavy atom. The summed E-state index contributed by atoms with van der Waals surface area (Å²) in [6, 6.07) is -5.97. The number of guanidine groups is 1. The number of thiol groups is 1. The second-order valence-corrected chi connectivity index (χ2v) is 10.4. The molecule has 0 saturated carbocycles. The molecule has 0 aliphatic heterocycles. The minimum Gasteiger partial charge on any atom is -0.480 e. The van der Waals surface area contributed by atoms with Gasteiger partial charge in [-0.2, -0.15) is 12.6 Å². The molecule has 17 nitrogen and oxygen atoms in total. The van der Waals surface area contributed by atoms with Crippen molar-refractivity contribution in [1.29, 1.82) is 0 Å². The Labute approximate surface area is 257 Å². The quantitative estimate of drug-likeness (QED) is 0.0221. The van der Waals surface area contributed by atoms with Crippen molar-refractivity contribution in [3.63, 3.8) is 0 Å². The number of aliphatic carboxylic acids is 1. The maximum atomic E-state index is 13.3. The first-order valence-electron chi connectivity index (χ1n) is 14.2. The van der Waals surface area contributed by atoms with Crippen molar-refractivity contribution in [2.75, 3.05) is 25.4 Å². The molecular formula is C25H50N10O7S. The highest BCUT2D eigenvalue weighted by Gasteiger charge is 2.31. The molecule has 248 valence electrons. The van der Waals surface area contributed by atoms with Crippen LogP contribution in [0.2, 0.25) is 0 Å². The van der Waals surface area contributed by atoms with E-state index in [9.17, 15) is 34.2 Å². The average Bonchev–Trinajstić information content (AvgIpc) is 2.95. The Morgan fingerprint density at radius 2 is 1.14 bits per heavy atom. The minimum atomic E-state index is -1.28. The van der Waals surface area contributed by atoms with E-state index < -0.39 is 65.9 Å². The molecule has 0 bridgehead atoms. The van der Waals surface area contributed by atoms with E-state index in [-0.39, 0.29) is 43.9 Å². The van der Waals surface area contributed by atoms with Gasteiger partial charge in [-0.15, -0.1) is 0 Å². The van der Waals surface area contributed by atoms with Gasteiger partial charge in [0.05, 0.1) is 6.10 Å². The monoisotopic (exact) mass is 634 g/mol. The Kier molecular flexibility index (Phi) is 20.7. The Bertz CT molecular complexity index is 921. The summed E-state index contributed by atoms with van der Waals surface area (Å²) in [7, 11) is 0. The molecule has 43 heavy (non-hydrogen) atoms. The summed E-state index contributed by atoms with van der Waals surface area (Å²) < 4.78 is 0. The number of carbonyl (C=O) groups is 5. The van der Waals surface area contributed by atoms with Gasteiger partial charge in [0.1, 0.15) is 30.2 Å². The van der Waals surface area contributed by atoms with Gasteiger partial charge in [-0.3, -0.25) is 24.2 Å². The van der Waals surface area contributed by atoms with Gasteiger partial charge < -0.3 is 60.1 Å². The molecule has 16 N–H and O–H groups in total. The summed E-state index contributed by atoms with van der Waals surface area (Å²) in [5, 5.41) is 29.2. The SMILES string of the molecule is C[C@@H](O)[C@H](N)C(=O)N[C@@H](CCCCN)C(=O)N[C@H](CCCCN)C(=O)N[C@@H](CS)C(=O)N[C@@H](CCCN=C(N)N)C(=O)O. The molecule has 0 unspecified atom stereocenters. The molecule has 6 atom stereocenters. The van der Waals surface area contributed by atoms with Gasteiger partial charge >= 0.3 is 5.97 Å². The largest absolute Gasteiger partial charge is 0.480 e. The zero-order chi connectivity index (χ0) is 32.9. The first kappa shape index (κ1) is 39.8. The highest BCUT2D eigenvalue weighted by molar-refractivity contribution is 7.80. The number of aliphatic imine (C=N–C) groups is 1. The molecular weight excluding hydrogens is 584 g/mol. The second-order valence-electron chi connectivity index (χ2n) is 10.0. The van der Waals surface area contributed by atoms with Crippen LogP contribution in [0.5, 0.6) is 0 Å². The van der Waals surface area contributed by atoms with Crippen molar-refractivity contribution in [2.24, 2.45) is 33.7 Å². The lowest BCUT2D eigenvalue weighted by molar-refractivity contribution is -0.142. The first-order valence-corrected chi connectivity index (χ1v) is 14.9. The van der Waals surface area contributed by atoms with Crippen LogP contribution in [0.3, 0.4) is 0 Å². The number of nitrogens with two attached hydrogens (primary N) is 5. The lowest BCUT2D eigenvalue weighted by Crippen LogP contribution is -2.59. The van der Waals surface area contributed by atoms with Crippen molar-refractivity contribution >= 4 is 48.2 Å². The lowest BCUT2D eigenvalue weighted by atomic mass is 10.0. The predicted octanol–water partition coefficient (Wildman–Crippen LogP) is -4.04. The van der Waals surface area contributed by atoms with Crippen molar-refractivity contribution in [2.45, 2.75) is 94.6 Å². The van der Waals surface area contributed by atoms with Crippen LogP contribution in [0.15, 0.2) is 4.99 Å². The van der Waals surface area contributed by atoms with Crippen molar-refractivity contribution < 1.29 is 34.2 Å². The fourth-order valence-corrected chi connectivity index (χ4v) is 4.04. The topological polar surface area (TPSA) is 316 Å². The van der Waals surface area contributed by atoms with Gasteiger partial charge in [-0.25, -0.2) is 4.79 Å². The molecule has 0 saturated heterocycles. The van der Waals surface area contributed by atoms with Crippen LogP contribution in [-0.4, -0.2) is 107 Å². The molecule has 0 aliphatic rings. The van der Waals surface area contributed by atoms with E-state index in [0.717, 1.165) is 0 Å². The third-order valence-corrected chi connectivity index (χ3v) is 6.72. The molecule has 0 aromatic heterocycles. The van der Waals surface area contributed by atoms with Crippen LogP contribution in [0.1, 0.15) is 58.3 Å². The number of nitrogens with zero attached hydrogens (tertiary/aromatic N) is 1. The summed E-state index contributed by atoms with van der Waals surface area (Å²) in [6.07, 6.45) is 1.57. The Morgan fingerprint density at radius 3 is 1.56 bits per heavy atom. The minimum absolute atomic E-state index is 0.0266. The van der Waals surface area contributed by atoms with E-state index >= 15 is 0 Å². The number of nitrogens with one attached hydrogen (secondary N) is 4. The Balaban J connectivity index is 5.65. The molecule has 0 aromatic rings. The number of amides is 4. The molecule has 0 aliphatic carbocycles. The fraction of sp³-hybridized carbons (Fsp3) is 0.760. The third kappa shape index (κ3) is 16.9. The van der Waals surface area contributed by atoms with Crippen molar-refractivity contribution in [3.05, 3.63) is 0 Å². The molecule has 0 spiro atoms. The summed E-state index contributed by atoms with van der Waals surface area (Å²) in [6.45, 7) is 2.22. The van der Waals surface area contributed by atoms with Crippen LogP contribution < -0.4 is 49.9 Å². The van der Waals surface area contributed by atoms with Gasteiger partial charge in [0.25, 0.3) is 0 Å². The van der Waals surface area contributed by atoms with E-state index in [2.05, 4.69) is 38.9 Å². The van der Waals surface area contributed by atoms with Crippen molar-refractivity contribution in [1.82, 2.24) is 21.3 Å².